The second-order valence-electron chi connectivity index (χ2n) is 6.18. The molecule has 1 aliphatic heterocycles. The molecule has 3 rings (SSSR count). The first-order valence-electron chi connectivity index (χ1n) is 8.25. The highest BCUT2D eigenvalue weighted by atomic mass is 35.5. The molecule has 126 valence electrons. The number of halogens is 1. The summed E-state index contributed by atoms with van der Waals surface area (Å²) in [6.07, 6.45) is 3.82. The molecule has 1 amide bonds. The molecule has 1 heterocycles. The third-order valence-electron chi connectivity index (χ3n) is 4.67. The lowest BCUT2D eigenvalue weighted by atomic mass is 9.95. The summed E-state index contributed by atoms with van der Waals surface area (Å²) in [4.78, 5) is 12.3. The minimum atomic E-state index is 0.0730. The van der Waals surface area contributed by atoms with Crippen LogP contribution in [0.2, 0.25) is 5.02 Å². The van der Waals surface area contributed by atoms with Gasteiger partial charge < -0.3 is 20.5 Å². The molecule has 5 nitrogen and oxygen atoms in total. The normalized spacial score (nSPS) is 22.9. The van der Waals surface area contributed by atoms with Crippen molar-refractivity contribution in [2.45, 2.75) is 25.7 Å². The van der Waals surface area contributed by atoms with Gasteiger partial charge in [0.1, 0.15) is 13.2 Å². The van der Waals surface area contributed by atoms with E-state index < -0.39 is 0 Å². The summed E-state index contributed by atoms with van der Waals surface area (Å²) in [5.74, 6) is 1.83. The first kappa shape index (κ1) is 16.4. The summed E-state index contributed by atoms with van der Waals surface area (Å²) in [7, 11) is 0. The van der Waals surface area contributed by atoms with Crippen LogP contribution < -0.4 is 20.5 Å². The molecule has 1 aromatic rings. The Balaban J connectivity index is 1.54. The van der Waals surface area contributed by atoms with Crippen molar-refractivity contribution in [3.63, 3.8) is 0 Å². The highest BCUT2D eigenvalue weighted by Gasteiger charge is 2.31. The van der Waals surface area contributed by atoms with E-state index in [1.807, 2.05) is 12.1 Å². The number of hydrogen-bond acceptors (Lipinski definition) is 4. The van der Waals surface area contributed by atoms with Gasteiger partial charge >= 0.3 is 0 Å². The van der Waals surface area contributed by atoms with Crippen LogP contribution in [0.4, 0.5) is 0 Å². The number of hydrogen-bond donors (Lipinski definition) is 2. The molecule has 23 heavy (non-hydrogen) atoms. The van der Waals surface area contributed by atoms with Gasteiger partial charge in [0.2, 0.25) is 5.91 Å². The van der Waals surface area contributed by atoms with Gasteiger partial charge in [-0.15, -0.1) is 0 Å². The van der Waals surface area contributed by atoms with Gasteiger partial charge in [-0.1, -0.05) is 18.0 Å². The summed E-state index contributed by atoms with van der Waals surface area (Å²) >= 11 is 6.22. The zero-order valence-electron chi connectivity index (χ0n) is 13.1. The molecular formula is C17H23ClN2O3. The maximum atomic E-state index is 12.3. The van der Waals surface area contributed by atoms with Gasteiger partial charge in [0.15, 0.2) is 11.5 Å². The molecule has 1 fully saturated rings. The summed E-state index contributed by atoms with van der Waals surface area (Å²) in [6, 6.07) is 3.81. The third-order valence-corrected chi connectivity index (χ3v) is 4.95. The van der Waals surface area contributed by atoms with E-state index in [4.69, 9.17) is 26.8 Å². The molecule has 6 heteroatoms. The molecule has 2 aliphatic rings. The van der Waals surface area contributed by atoms with Gasteiger partial charge in [0.05, 0.1) is 5.02 Å². The van der Waals surface area contributed by atoms with Crippen molar-refractivity contribution in [1.82, 2.24) is 5.32 Å². The number of benzene rings is 1. The van der Waals surface area contributed by atoms with E-state index in [-0.39, 0.29) is 11.8 Å². The van der Waals surface area contributed by atoms with Crippen LogP contribution in [0.1, 0.15) is 24.8 Å². The molecule has 0 radical (unpaired) electrons. The second-order valence-corrected chi connectivity index (χ2v) is 6.58. The smallest absolute Gasteiger partial charge is 0.223 e. The second kappa shape index (κ2) is 7.41. The maximum absolute atomic E-state index is 12.3. The van der Waals surface area contributed by atoms with Crippen molar-refractivity contribution in [3.05, 3.63) is 22.7 Å². The minimum Gasteiger partial charge on any atom is -0.486 e. The Morgan fingerprint density at radius 3 is 2.96 bits per heavy atom. The monoisotopic (exact) mass is 338 g/mol. The summed E-state index contributed by atoms with van der Waals surface area (Å²) in [5, 5.41) is 3.59. The number of carbonyl (C=O) groups is 1. The predicted molar refractivity (Wildman–Crippen MR) is 89.0 cm³/mol. The van der Waals surface area contributed by atoms with Gasteiger partial charge in [-0.2, -0.15) is 0 Å². The van der Waals surface area contributed by atoms with E-state index in [1.165, 1.54) is 0 Å². The first-order valence-corrected chi connectivity index (χ1v) is 8.62. The van der Waals surface area contributed by atoms with Crippen LogP contribution in [-0.2, 0) is 11.2 Å². The van der Waals surface area contributed by atoms with Crippen LogP contribution >= 0.6 is 11.6 Å². The number of amides is 1. The Morgan fingerprint density at radius 1 is 1.30 bits per heavy atom. The largest absolute Gasteiger partial charge is 0.486 e. The molecule has 0 unspecified atom stereocenters. The summed E-state index contributed by atoms with van der Waals surface area (Å²) < 4.78 is 11.1. The SMILES string of the molecule is NC[C@H]1CCC[C@H]1C(=O)NCCc1cc(Cl)c2c(c1)OCCO2. The van der Waals surface area contributed by atoms with E-state index >= 15 is 0 Å². The predicted octanol–water partition coefficient (Wildman–Crippen LogP) is 2.14. The van der Waals surface area contributed by atoms with Crippen molar-refractivity contribution in [2.75, 3.05) is 26.3 Å². The number of rotatable bonds is 5. The fraction of sp³-hybridized carbons (Fsp3) is 0.588. The van der Waals surface area contributed by atoms with Crippen molar-refractivity contribution >= 4 is 17.5 Å². The lowest BCUT2D eigenvalue weighted by Crippen LogP contribution is -2.36. The lowest BCUT2D eigenvalue weighted by Gasteiger charge is -2.20. The molecule has 0 aromatic heterocycles. The van der Waals surface area contributed by atoms with Crippen LogP contribution in [0.15, 0.2) is 12.1 Å². The van der Waals surface area contributed by atoms with Crippen LogP contribution in [0.5, 0.6) is 11.5 Å². The van der Waals surface area contributed by atoms with E-state index in [0.717, 1.165) is 24.8 Å². The highest BCUT2D eigenvalue weighted by Crippen LogP contribution is 2.38. The lowest BCUT2D eigenvalue weighted by molar-refractivity contribution is -0.125. The summed E-state index contributed by atoms with van der Waals surface area (Å²) in [6.45, 7) is 2.23. The number of nitrogens with two attached hydrogens (primary N) is 1. The fourth-order valence-corrected chi connectivity index (χ4v) is 3.72. The van der Waals surface area contributed by atoms with E-state index in [1.54, 1.807) is 0 Å². The minimum absolute atomic E-state index is 0.0730. The maximum Gasteiger partial charge on any atom is 0.223 e. The number of fused-ring (bicyclic) bond motifs is 1. The van der Waals surface area contributed by atoms with Crippen LogP contribution in [0.25, 0.3) is 0 Å². The Bertz CT molecular complexity index is 579. The number of ether oxygens (including phenoxy) is 2. The average Bonchev–Trinajstić information content (AvgIpc) is 3.03. The summed E-state index contributed by atoms with van der Waals surface area (Å²) in [5.41, 5.74) is 6.77. The number of nitrogens with one attached hydrogen (secondary N) is 1. The molecule has 2 atom stereocenters. The molecule has 1 aromatic carbocycles. The van der Waals surface area contributed by atoms with Crippen molar-refractivity contribution in [2.24, 2.45) is 17.6 Å². The average molecular weight is 339 g/mol. The van der Waals surface area contributed by atoms with Crippen LogP contribution in [-0.4, -0.2) is 32.2 Å². The van der Waals surface area contributed by atoms with Gasteiger partial charge in [0.25, 0.3) is 0 Å². The third kappa shape index (κ3) is 3.72. The molecule has 0 saturated heterocycles. The Hall–Kier alpha value is -1.46. The van der Waals surface area contributed by atoms with Gasteiger partial charge in [0, 0.05) is 12.5 Å². The number of carbonyl (C=O) groups excluding carboxylic acids is 1. The van der Waals surface area contributed by atoms with Crippen LogP contribution in [0, 0.1) is 11.8 Å². The molecular weight excluding hydrogens is 316 g/mol. The molecule has 0 bridgehead atoms. The van der Waals surface area contributed by atoms with Gasteiger partial charge in [-0.05, 0) is 49.4 Å². The molecule has 1 aliphatic carbocycles. The standard InChI is InChI=1S/C17H23ClN2O3/c18-14-8-11(9-15-16(14)23-7-6-22-15)4-5-20-17(21)13-3-1-2-12(13)10-19/h8-9,12-13H,1-7,10,19H2,(H,20,21)/t12-,13-/m1/s1. The quantitative estimate of drug-likeness (QED) is 0.862. The van der Waals surface area contributed by atoms with Crippen molar-refractivity contribution in [1.29, 1.82) is 0 Å². The zero-order chi connectivity index (χ0) is 16.2. The van der Waals surface area contributed by atoms with E-state index in [0.29, 0.717) is 55.2 Å². The molecule has 0 spiro atoms. The van der Waals surface area contributed by atoms with E-state index in [2.05, 4.69) is 5.32 Å². The van der Waals surface area contributed by atoms with Crippen LogP contribution in [0.3, 0.4) is 0 Å². The molecule has 3 N–H and O–H groups in total. The Kier molecular flexibility index (Phi) is 5.28. The zero-order valence-corrected chi connectivity index (χ0v) is 13.9. The molecule has 1 saturated carbocycles. The van der Waals surface area contributed by atoms with Crippen molar-refractivity contribution < 1.29 is 14.3 Å². The topological polar surface area (TPSA) is 73.6 Å². The van der Waals surface area contributed by atoms with Gasteiger partial charge in [-0.25, -0.2) is 0 Å². The fourth-order valence-electron chi connectivity index (χ4n) is 3.43. The first-order chi connectivity index (χ1) is 11.2. The van der Waals surface area contributed by atoms with Crippen molar-refractivity contribution in [3.8, 4) is 11.5 Å². The van der Waals surface area contributed by atoms with E-state index in [9.17, 15) is 4.79 Å². The Labute approximate surface area is 141 Å². The Morgan fingerprint density at radius 2 is 2.13 bits per heavy atom. The van der Waals surface area contributed by atoms with Gasteiger partial charge in [-0.3, -0.25) is 4.79 Å². The highest BCUT2D eigenvalue weighted by molar-refractivity contribution is 6.32.